The van der Waals surface area contributed by atoms with Crippen LogP contribution in [0, 0.1) is 0 Å². The number of hydrogen-bond donors (Lipinski definition) is 0. The zero-order valence-corrected chi connectivity index (χ0v) is 9.91. The molecule has 0 spiro atoms. The first-order chi connectivity index (χ1) is 6.84. The third kappa shape index (κ3) is 2.21. The minimum Gasteiger partial charge on any atom is -0.399 e. The Bertz CT molecular complexity index is 292. The molecule has 1 saturated heterocycles. The number of hydrogen-bond acceptors (Lipinski definition) is 3. The first kappa shape index (κ1) is 12.2. The Morgan fingerprint density at radius 3 is 2.00 bits per heavy atom. The summed E-state index contributed by atoms with van der Waals surface area (Å²) in [5, 5.41) is 0. The molecule has 0 radical (unpaired) electrons. The highest BCUT2D eigenvalue weighted by Crippen LogP contribution is 2.38. The lowest BCUT2D eigenvalue weighted by molar-refractivity contribution is 0.00578. The van der Waals surface area contributed by atoms with Crippen molar-refractivity contribution in [2.75, 3.05) is 0 Å². The van der Waals surface area contributed by atoms with Gasteiger partial charge in [0.25, 0.3) is 0 Å². The van der Waals surface area contributed by atoms with Crippen molar-refractivity contribution in [1.82, 2.24) is 0 Å². The van der Waals surface area contributed by atoms with E-state index in [-0.39, 0.29) is 11.2 Å². The van der Waals surface area contributed by atoms with Crippen LogP contribution in [-0.2, 0) is 9.31 Å². The van der Waals surface area contributed by atoms with Gasteiger partial charge in [-0.05, 0) is 34.4 Å². The summed E-state index contributed by atoms with van der Waals surface area (Å²) in [6, 6.07) is 0. The van der Waals surface area contributed by atoms with E-state index in [0.717, 1.165) is 5.47 Å². The van der Waals surface area contributed by atoms with Crippen LogP contribution in [-0.4, -0.2) is 25.0 Å². The summed E-state index contributed by atoms with van der Waals surface area (Å²) in [6.07, 6.45) is 3.28. The van der Waals surface area contributed by atoms with E-state index in [0.29, 0.717) is 0 Å². The standard InChI is InChI=1S/C11H18BNO2/c1-7-9(8-13-6)12-14-10(2,3)11(4,5)15-12/h7-8H,1,6H2,2-5H3/b9-8+. The molecule has 15 heavy (non-hydrogen) atoms. The highest BCUT2D eigenvalue weighted by molar-refractivity contribution is 6.55. The van der Waals surface area contributed by atoms with Gasteiger partial charge in [-0.2, -0.15) is 0 Å². The van der Waals surface area contributed by atoms with Crippen molar-refractivity contribution in [3.05, 3.63) is 24.3 Å². The summed E-state index contributed by atoms with van der Waals surface area (Å²) in [4.78, 5) is 3.70. The van der Waals surface area contributed by atoms with Crippen molar-refractivity contribution in [3.63, 3.8) is 0 Å². The number of allylic oxidation sites excluding steroid dienone is 2. The van der Waals surface area contributed by atoms with E-state index >= 15 is 0 Å². The first-order valence-corrected chi connectivity index (χ1v) is 4.98. The van der Waals surface area contributed by atoms with Gasteiger partial charge in [0.15, 0.2) is 0 Å². The molecular weight excluding hydrogens is 189 g/mol. The van der Waals surface area contributed by atoms with Crippen molar-refractivity contribution in [2.24, 2.45) is 4.99 Å². The van der Waals surface area contributed by atoms with Crippen molar-refractivity contribution in [1.29, 1.82) is 0 Å². The summed E-state index contributed by atoms with van der Waals surface area (Å²) in [6.45, 7) is 15.1. The summed E-state index contributed by atoms with van der Waals surface area (Å²) in [7, 11) is -0.405. The maximum Gasteiger partial charge on any atom is 0.496 e. The quantitative estimate of drug-likeness (QED) is 0.404. The average molecular weight is 207 g/mol. The highest BCUT2D eigenvalue weighted by atomic mass is 16.7. The fourth-order valence-corrected chi connectivity index (χ4v) is 1.29. The smallest absolute Gasteiger partial charge is 0.399 e. The Balaban J connectivity index is 2.91. The molecule has 1 rings (SSSR count). The molecular formula is C11H18BNO2. The largest absolute Gasteiger partial charge is 0.496 e. The third-order valence-electron chi connectivity index (χ3n) is 3.00. The van der Waals surface area contributed by atoms with E-state index in [9.17, 15) is 0 Å². The number of nitrogens with zero attached hydrogens (tertiary/aromatic N) is 1. The van der Waals surface area contributed by atoms with Gasteiger partial charge in [-0.15, -0.1) is 0 Å². The van der Waals surface area contributed by atoms with Crippen LogP contribution in [0.4, 0.5) is 0 Å². The molecule has 1 heterocycles. The Labute approximate surface area is 92.0 Å². The molecule has 1 aliphatic heterocycles. The van der Waals surface area contributed by atoms with Crippen LogP contribution < -0.4 is 0 Å². The van der Waals surface area contributed by atoms with Gasteiger partial charge >= 0.3 is 7.12 Å². The first-order valence-electron chi connectivity index (χ1n) is 4.98. The fourth-order valence-electron chi connectivity index (χ4n) is 1.29. The van der Waals surface area contributed by atoms with Crippen molar-refractivity contribution in [2.45, 2.75) is 38.9 Å². The van der Waals surface area contributed by atoms with Gasteiger partial charge in [0.2, 0.25) is 0 Å². The van der Waals surface area contributed by atoms with E-state index < -0.39 is 7.12 Å². The van der Waals surface area contributed by atoms with E-state index in [1.807, 2.05) is 27.7 Å². The zero-order valence-electron chi connectivity index (χ0n) is 9.91. The third-order valence-corrected chi connectivity index (χ3v) is 3.00. The maximum absolute atomic E-state index is 5.82. The summed E-state index contributed by atoms with van der Waals surface area (Å²) in [5.74, 6) is 0. The normalized spacial score (nSPS) is 24.0. The lowest BCUT2D eigenvalue weighted by Gasteiger charge is -2.32. The molecule has 0 bridgehead atoms. The van der Waals surface area contributed by atoms with Gasteiger partial charge in [0.1, 0.15) is 0 Å². The van der Waals surface area contributed by atoms with Gasteiger partial charge in [-0.25, -0.2) is 0 Å². The molecule has 0 saturated carbocycles. The molecule has 0 aromatic heterocycles. The van der Waals surface area contributed by atoms with Crippen LogP contribution in [0.3, 0.4) is 0 Å². The monoisotopic (exact) mass is 207 g/mol. The van der Waals surface area contributed by atoms with Gasteiger partial charge in [-0.3, -0.25) is 4.99 Å². The minimum atomic E-state index is -0.405. The second-order valence-electron chi connectivity index (χ2n) is 4.60. The summed E-state index contributed by atoms with van der Waals surface area (Å²) >= 11 is 0. The zero-order chi connectivity index (χ0) is 11.7. The van der Waals surface area contributed by atoms with Crippen LogP contribution in [0.2, 0.25) is 0 Å². The summed E-state index contributed by atoms with van der Waals surface area (Å²) < 4.78 is 11.6. The highest BCUT2D eigenvalue weighted by Gasteiger charge is 2.51. The SMILES string of the molecule is C=C/C(=C\N=C)B1OC(C)(C)C(C)(C)O1. The van der Waals surface area contributed by atoms with Crippen LogP contribution in [0.5, 0.6) is 0 Å². The molecule has 0 aliphatic carbocycles. The second-order valence-corrected chi connectivity index (χ2v) is 4.60. The van der Waals surface area contributed by atoms with E-state index in [4.69, 9.17) is 9.31 Å². The fraction of sp³-hybridized carbons (Fsp3) is 0.545. The lowest BCUT2D eigenvalue weighted by Crippen LogP contribution is -2.41. The maximum atomic E-state index is 5.82. The lowest BCUT2D eigenvalue weighted by atomic mass is 9.79. The predicted molar refractivity (Wildman–Crippen MR) is 63.9 cm³/mol. The van der Waals surface area contributed by atoms with Gasteiger partial charge in [0.05, 0.1) is 11.2 Å². The van der Waals surface area contributed by atoms with Gasteiger partial charge in [0, 0.05) is 11.7 Å². The van der Waals surface area contributed by atoms with Gasteiger partial charge < -0.3 is 9.31 Å². The molecule has 1 aliphatic rings. The number of rotatable bonds is 3. The van der Waals surface area contributed by atoms with Crippen LogP contribution in [0.1, 0.15) is 27.7 Å². The van der Waals surface area contributed by atoms with E-state index in [1.165, 1.54) is 0 Å². The van der Waals surface area contributed by atoms with Crippen LogP contribution in [0.25, 0.3) is 0 Å². The van der Waals surface area contributed by atoms with Gasteiger partial charge in [-0.1, -0.05) is 12.7 Å². The molecule has 0 unspecified atom stereocenters. The van der Waals surface area contributed by atoms with E-state index in [2.05, 4.69) is 18.3 Å². The Morgan fingerprint density at radius 2 is 1.67 bits per heavy atom. The van der Waals surface area contributed by atoms with Crippen molar-refractivity contribution >= 4 is 13.8 Å². The Morgan fingerprint density at radius 1 is 1.20 bits per heavy atom. The minimum absolute atomic E-state index is 0.332. The summed E-state index contributed by atoms with van der Waals surface area (Å²) in [5.41, 5.74) is 0.130. The molecule has 4 heteroatoms. The number of aliphatic imine (C=N–C) groups is 1. The molecule has 3 nitrogen and oxygen atoms in total. The van der Waals surface area contributed by atoms with Crippen molar-refractivity contribution < 1.29 is 9.31 Å². The molecule has 82 valence electrons. The Hall–Kier alpha value is -0.865. The van der Waals surface area contributed by atoms with Crippen LogP contribution in [0.15, 0.2) is 29.3 Å². The second kappa shape index (κ2) is 3.95. The molecule has 0 aromatic carbocycles. The average Bonchev–Trinajstić information content (AvgIpc) is 2.32. The molecule has 1 fully saturated rings. The molecule has 0 aromatic rings. The molecule has 0 N–H and O–H groups in total. The van der Waals surface area contributed by atoms with Crippen LogP contribution >= 0.6 is 0 Å². The predicted octanol–water partition coefficient (Wildman–Crippen LogP) is 2.39. The Kier molecular flexibility index (Phi) is 3.21. The van der Waals surface area contributed by atoms with E-state index in [1.54, 1.807) is 12.3 Å². The molecule has 0 atom stereocenters. The molecule has 0 amide bonds. The topological polar surface area (TPSA) is 30.8 Å². The van der Waals surface area contributed by atoms with Crippen molar-refractivity contribution in [3.8, 4) is 0 Å².